The molecule has 2 aromatic carbocycles. The molecule has 0 bridgehead atoms. The fourth-order valence-electron chi connectivity index (χ4n) is 3.53. The lowest BCUT2D eigenvalue weighted by atomic mass is 10.1. The number of pyridine rings is 1. The second-order valence-electron chi connectivity index (χ2n) is 8.04. The molecule has 31 heavy (non-hydrogen) atoms. The Balaban J connectivity index is 1.34. The van der Waals surface area contributed by atoms with Crippen LogP contribution in [-0.4, -0.2) is 18.3 Å². The molecule has 1 aliphatic heterocycles. The van der Waals surface area contributed by atoms with E-state index in [9.17, 15) is 4.39 Å². The van der Waals surface area contributed by atoms with Crippen molar-refractivity contribution in [2.75, 3.05) is 18.2 Å². The predicted molar refractivity (Wildman–Crippen MR) is 117 cm³/mol. The number of rotatable bonds is 7. The number of fused-ring (bicyclic) bond motifs is 1. The van der Waals surface area contributed by atoms with Gasteiger partial charge < -0.3 is 14.4 Å². The van der Waals surface area contributed by atoms with E-state index in [4.69, 9.17) is 14.5 Å². The first kappa shape index (κ1) is 19.5. The van der Waals surface area contributed by atoms with Crippen molar-refractivity contribution < 1.29 is 13.9 Å². The highest BCUT2D eigenvalue weighted by atomic mass is 19.1. The van der Waals surface area contributed by atoms with Crippen LogP contribution in [0.25, 0.3) is 6.20 Å². The highest BCUT2D eigenvalue weighted by Crippen LogP contribution is 2.29. The molecule has 1 saturated carbocycles. The van der Waals surface area contributed by atoms with E-state index >= 15 is 0 Å². The molecule has 3 aromatic rings. The number of aryl methyl sites for hydroxylation is 1. The fraction of sp³-hybridized carbons (Fsp3) is 0.280. The molecule has 1 aromatic heterocycles. The summed E-state index contributed by atoms with van der Waals surface area (Å²) in [5, 5.41) is 1.99. The number of benzene rings is 2. The Morgan fingerprint density at radius 2 is 1.90 bits per heavy atom. The van der Waals surface area contributed by atoms with Crippen molar-refractivity contribution in [3.05, 3.63) is 82.4 Å². The molecule has 6 heteroatoms. The number of anilines is 1. The van der Waals surface area contributed by atoms with Crippen molar-refractivity contribution >= 4 is 11.9 Å². The van der Waals surface area contributed by atoms with Crippen LogP contribution in [0.15, 0.2) is 59.7 Å². The zero-order valence-corrected chi connectivity index (χ0v) is 17.4. The van der Waals surface area contributed by atoms with Crippen LogP contribution in [-0.2, 0) is 6.61 Å². The summed E-state index contributed by atoms with van der Waals surface area (Å²) in [5.41, 5.74) is 2.40. The predicted octanol–water partition coefficient (Wildman–Crippen LogP) is 3.73. The molecule has 2 aliphatic rings. The number of nitrogens with zero attached hydrogens (tertiary/aromatic N) is 3. The summed E-state index contributed by atoms with van der Waals surface area (Å²) >= 11 is 0. The summed E-state index contributed by atoms with van der Waals surface area (Å²) < 4.78 is 25.5. The molecule has 0 saturated heterocycles. The Kier molecular flexibility index (Phi) is 5.28. The second-order valence-corrected chi connectivity index (χ2v) is 8.04. The van der Waals surface area contributed by atoms with Crippen LogP contribution in [0.3, 0.4) is 0 Å². The molecular formula is C25H24FN3O2. The molecular weight excluding hydrogens is 393 g/mol. The van der Waals surface area contributed by atoms with E-state index in [0.29, 0.717) is 12.4 Å². The molecule has 0 unspecified atom stereocenters. The minimum Gasteiger partial charge on any atom is -0.493 e. The third-order valence-corrected chi connectivity index (χ3v) is 5.57. The number of hydrogen-bond acceptors (Lipinski definition) is 5. The molecule has 158 valence electrons. The van der Waals surface area contributed by atoms with Gasteiger partial charge in [-0.2, -0.15) is 0 Å². The monoisotopic (exact) mass is 417 g/mol. The van der Waals surface area contributed by atoms with Gasteiger partial charge in [0.05, 0.1) is 12.0 Å². The molecule has 0 spiro atoms. The average Bonchev–Trinajstić information content (AvgIpc) is 3.62. The highest BCUT2D eigenvalue weighted by Gasteiger charge is 2.22. The van der Waals surface area contributed by atoms with Crippen molar-refractivity contribution in [2.45, 2.75) is 26.4 Å². The molecule has 0 amide bonds. The van der Waals surface area contributed by atoms with E-state index < -0.39 is 0 Å². The number of halogens is 1. The van der Waals surface area contributed by atoms with Crippen LogP contribution in [0.2, 0.25) is 0 Å². The zero-order valence-electron chi connectivity index (χ0n) is 17.4. The summed E-state index contributed by atoms with van der Waals surface area (Å²) in [6.07, 6.45) is 6.21. The molecule has 2 heterocycles. The van der Waals surface area contributed by atoms with Crippen LogP contribution in [0.5, 0.6) is 11.5 Å². The Morgan fingerprint density at radius 1 is 1.06 bits per heavy atom. The van der Waals surface area contributed by atoms with Crippen LogP contribution in [0.4, 0.5) is 10.1 Å². The molecule has 5 nitrogen and oxygen atoms in total. The van der Waals surface area contributed by atoms with Gasteiger partial charge in [-0.1, -0.05) is 6.07 Å². The van der Waals surface area contributed by atoms with Gasteiger partial charge in [0, 0.05) is 35.4 Å². The summed E-state index contributed by atoms with van der Waals surface area (Å²) in [6, 6.07) is 14.9. The van der Waals surface area contributed by atoms with Gasteiger partial charge in [0.2, 0.25) is 0 Å². The van der Waals surface area contributed by atoms with E-state index in [0.717, 1.165) is 40.1 Å². The largest absolute Gasteiger partial charge is 0.493 e. The highest BCUT2D eigenvalue weighted by molar-refractivity contribution is 5.65. The van der Waals surface area contributed by atoms with Crippen LogP contribution >= 0.6 is 0 Å². The zero-order chi connectivity index (χ0) is 21.2. The van der Waals surface area contributed by atoms with Crippen molar-refractivity contribution in [3.63, 3.8) is 0 Å². The van der Waals surface area contributed by atoms with Gasteiger partial charge >= 0.3 is 0 Å². The van der Waals surface area contributed by atoms with Crippen LogP contribution < -0.4 is 24.9 Å². The molecule has 5 rings (SSSR count). The van der Waals surface area contributed by atoms with Gasteiger partial charge in [-0.15, -0.1) is 0 Å². The van der Waals surface area contributed by atoms with E-state index in [1.165, 1.54) is 18.9 Å². The summed E-state index contributed by atoms with van der Waals surface area (Å²) in [7, 11) is 0. The smallest absolute Gasteiger partial charge is 0.148 e. The van der Waals surface area contributed by atoms with Gasteiger partial charge in [-0.05, 0) is 61.6 Å². The van der Waals surface area contributed by atoms with Gasteiger partial charge in [-0.3, -0.25) is 9.98 Å². The lowest BCUT2D eigenvalue weighted by molar-refractivity contribution is 0.294. The van der Waals surface area contributed by atoms with E-state index in [-0.39, 0.29) is 18.1 Å². The van der Waals surface area contributed by atoms with E-state index in [2.05, 4.69) is 23.0 Å². The normalized spacial score (nSPS) is 15.0. The molecule has 1 aliphatic carbocycles. The van der Waals surface area contributed by atoms with Crippen LogP contribution in [0, 0.1) is 18.7 Å². The van der Waals surface area contributed by atoms with Crippen molar-refractivity contribution in [2.24, 2.45) is 10.9 Å². The van der Waals surface area contributed by atoms with Crippen LogP contribution in [0.1, 0.15) is 24.1 Å². The standard InChI is InChI=1S/C25H24FN3O2/c1-17-4-8-21(31-15-24-22(26)3-2-10-27-24)12-25(17)29-13-19-7-9-20(11-23(19)28-16-29)30-14-18-5-6-18/h2-4,7-13,18H,5-6,14-16H2,1H3. The molecule has 0 N–H and O–H groups in total. The minimum absolute atomic E-state index is 0.0791. The number of hydrogen-bond donors (Lipinski definition) is 0. The SMILES string of the molecule is Cc1ccc(OCc2ncccc2F)cc1N1C=c2ccc(OCC3CC3)cc2=NC1. The number of aromatic nitrogens is 1. The third-order valence-electron chi connectivity index (χ3n) is 5.57. The van der Waals surface area contributed by atoms with Crippen molar-refractivity contribution in [1.29, 1.82) is 0 Å². The molecule has 0 radical (unpaired) electrons. The maximum atomic E-state index is 13.8. The first-order chi connectivity index (χ1) is 15.2. The van der Waals surface area contributed by atoms with Crippen molar-refractivity contribution in [1.82, 2.24) is 4.98 Å². The summed E-state index contributed by atoms with van der Waals surface area (Å²) in [4.78, 5) is 10.9. The first-order valence-electron chi connectivity index (χ1n) is 10.5. The Hall–Kier alpha value is -3.41. The van der Waals surface area contributed by atoms with E-state index in [1.807, 2.05) is 36.4 Å². The van der Waals surface area contributed by atoms with E-state index in [1.54, 1.807) is 12.3 Å². The van der Waals surface area contributed by atoms with Crippen molar-refractivity contribution in [3.8, 4) is 11.5 Å². The van der Waals surface area contributed by atoms with Gasteiger partial charge in [-0.25, -0.2) is 4.39 Å². The minimum atomic E-state index is -0.366. The van der Waals surface area contributed by atoms with Gasteiger partial charge in [0.15, 0.2) is 0 Å². The summed E-state index contributed by atoms with van der Waals surface area (Å²) in [5.74, 6) is 1.90. The Morgan fingerprint density at radius 3 is 2.74 bits per heavy atom. The number of ether oxygens (including phenoxy) is 2. The fourth-order valence-corrected chi connectivity index (χ4v) is 3.53. The Bertz CT molecular complexity index is 1220. The average molecular weight is 417 g/mol. The maximum Gasteiger partial charge on any atom is 0.148 e. The first-order valence-corrected chi connectivity index (χ1v) is 10.5. The molecule has 0 atom stereocenters. The molecule has 1 fully saturated rings. The lowest BCUT2D eigenvalue weighted by Crippen LogP contribution is -2.36. The second kappa shape index (κ2) is 8.38. The Labute approximate surface area is 180 Å². The quantitative estimate of drug-likeness (QED) is 0.588. The van der Waals surface area contributed by atoms with Gasteiger partial charge in [0.25, 0.3) is 0 Å². The van der Waals surface area contributed by atoms with Gasteiger partial charge in [0.1, 0.15) is 36.3 Å². The summed E-state index contributed by atoms with van der Waals surface area (Å²) in [6.45, 7) is 3.44. The topological polar surface area (TPSA) is 47.0 Å². The maximum absolute atomic E-state index is 13.8. The lowest BCUT2D eigenvalue weighted by Gasteiger charge is -2.23. The third kappa shape index (κ3) is 4.53.